The minimum absolute atomic E-state index is 0.0788. The molecule has 1 aliphatic rings. The molecule has 1 aromatic carbocycles. The molecule has 1 unspecified atom stereocenters. The molecular weight excluding hydrogens is 430 g/mol. The third kappa shape index (κ3) is 4.69. The van der Waals surface area contributed by atoms with Crippen LogP contribution in [0.3, 0.4) is 0 Å². The molecule has 3 aromatic rings. The maximum atomic E-state index is 13.2. The summed E-state index contributed by atoms with van der Waals surface area (Å²) in [4.78, 5) is 33.8. The van der Waals surface area contributed by atoms with Crippen molar-refractivity contribution in [3.63, 3.8) is 0 Å². The van der Waals surface area contributed by atoms with Gasteiger partial charge in [-0.05, 0) is 48.2 Å². The van der Waals surface area contributed by atoms with Crippen molar-refractivity contribution < 1.29 is 29.4 Å². The monoisotopic (exact) mass is 459 g/mol. The lowest BCUT2D eigenvalue weighted by atomic mass is 9.94. The summed E-state index contributed by atoms with van der Waals surface area (Å²) in [7, 11) is 0. The highest BCUT2D eigenvalue weighted by Crippen LogP contribution is 2.40. The zero-order chi connectivity index (χ0) is 24.2. The second kappa shape index (κ2) is 9.87. The second-order valence-corrected chi connectivity index (χ2v) is 8.85. The fraction of sp³-hybridized carbons (Fsp3) is 0.259. The summed E-state index contributed by atoms with van der Waals surface area (Å²) in [5.74, 6) is -0.452. The molecule has 7 nitrogen and oxygen atoms in total. The largest absolute Gasteiger partial charge is 0.507 e. The van der Waals surface area contributed by atoms with E-state index in [1.807, 2.05) is 37.3 Å². The number of aryl methyl sites for hydroxylation is 1. The molecule has 4 rings (SSSR count). The first-order valence-corrected chi connectivity index (χ1v) is 11.3. The van der Waals surface area contributed by atoms with Crippen molar-refractivity contribution in [3.8, 4) is 5.75 Å². The van der Waals surface area contributed by atoms with Crippen LogP contribution in [0.15, 0.2) is 72.8 Å². The first kappa shape index (κ1) is 23.2. The molecule has 1 amide bonds. The minimum Gasteiger partial charge on any atom is -0.507 e. The number of Topliss-reactive ketones (excluding diaryl/α,β-unsaturated/α-hetero) is 1. The number of benzene rings is 1. The van der Waals surface area contributed by atoms with Crippen LogP contribution in [0, 0.1) is 12.8 Å². The molecular formula is C27H29N3O4+2. The number of H-pyrrole nitrogens is 2. The van der Waals surface area contributed by atoms with Crippen molar-refractivity contribution in [2.75, 3.05) is 6.61 Å². The van der Waals surface area contributed by atoms with E-state index in [2.05, 4.69) is 23.8 Å². The number of aromatic nitrogens is 2. The number of amides is 1. The maximum absolute atomic E-state index is 13.2. The van der Waals surface area contributed by atoms with Gasteiger partial charge in [0.1, 0.15) is 11.5 Å². The number of nitrogens with zero attached hydrogens (tertiary/aromatic N) is 1. The Bertz CT molecular complexity index is 1220. The van der Waals surface area contributed by atoms with Gasteiger partial charge in [-0.15, -0.1) is 0 Å². The molecule has 1 saturated heterocycles. The number of hydrogen-bond acceptors (Lipinski definition) is 4. The smallest absolute Gasteiger partial charge is 0.295 e. The van der Waals surface area contributed by atoms with Crippen LogP contribution < -0.4 is 14.7 Å². The molecule has 3 heterocycles. The second-order valence-electron chi connectivity index (χ2n) is 8.85. The zero-order valence-electron chi connectivity index (χ0n) is 19.5. The average molecular weight is 460 g/mol. The van der Waals surface area contributed by atoms with E-state index in [0.717, 1.165) is 16.7 Å². The number of ketones is 1. The van der Waals surface area contributed by atoms with E-state index < -0.39 is 17.7 Å². The van der Waals surface area contributed by atoms with E-state index in [9.17, 15) is 14.7 Å². The minimum atomic E-state index is -0.717. The van der Waals surface area contributed by atoms with Gasteiger partial charge in [-0.2, -0.15) is 0 Å². The summed E-state index contributed by atoms with van der Waals surface area (Å²) in [6, 6.07) is 12.0. The van der Waals surface area contributed by atoms with Crippen molar-refractivity contribution in [1.29, 1.82) is 0 Å². The normalized spacial score (nSPS) is 17.4. The summed E-state index contributed by atoms with van der Waals surface area (Å²) < 4.78 is 5.79. The fourth-order valence-electron chi connectivity index (χ4n) is 4.10. The number of likely N-dealkylation sites (tertiary alicyclic amines) is 1. The topological polar surface area (TPSA) is 95.1 Å². The van der Waals surface area contributed by atoms with Crippen molar-refractivity contribution in [1.82, 2.24) is 4.90 Å². The SMILES string of the molecule is Cc1cc(OCC(C)C)ccc1C(O)=C1C(=O)C(=O)N(Cc2ccc[nH+]c2)C1c1cc[nH+]cc1. The molecule has 0 bridgehead atoms. The Morgan fingerprint density at radius 1 is 1.09 bits per heavy atom. The fourth-order valence-corrected chi connectivity index (χ4v) is 4.10. The van der Waals surface area contributed by atoms with Gasteiger partial charge >= 0.3 is 0 Å². The van der Waals surface area contributed by atoms with Gasteiger partial charge in [0.25, 0.3) is 11.7 Å². The standard InChI is InChI=1S/C27H27N3O4/c1-17(2)16-34-21-6-7-22(18(3)13-21)25(31)23-24(20-8-11-28-12-9-20)30(27(33)26(23)32)15-19-5-4-10-29-14-19/h4-14,17,24,31H,15-16H2,1-3H3/p+2. The zero-order valence-corrected chi connectivity index (χ0v) is 19.5. The molecule has 7 heteroatoms. The number of aromatic amines is 2. The lowest BCUT2D eigenvalue weighted by molar-refractivity contribution is -0.379. The summed E-state index contributed by atoms with van der Waals surface area (Å²) in [6.45, 7) is 6.79. The molecule has 1 atom stereocenters. The Morgan fingerprint density at radius 3 is 2.50 bits per heavy atom. The molecule has 34 heavy (non-hydrogen) atoms. The highest BCUT2D eigenvalue weighted by molar-refractivity contribution is 6.46. The first-order valence-electron chi connectivity index (χ1n) is 11.3. The number of rotatable bonds is 7. The van der Waals surface area contributed by atoms with Gasteiger partial charge in [-0.1, -0.05) is 13.8 Å². The van der Waals surface area contributed by atoms with E-state index in [1.54, 1.807) is 36.9 Å². The molecule has 174 valence electrons. The highest BCUT2D eigenvalue weighted by atomic mass is 16.5. The van der Waals surface area contributed by atoms with E-state index in [1.165, 1.54) is 4.90 Å². The van der Waals surface area contributed by atoms with Crippen LogP contribution in [0.5, 0.6) is 5.75 Å². The van der Waals surface area contributed by atoms with Gasteiger partial charge in [0.15, 0.2) is 24.8 Å². The van der Waals surface area contributed by atoms with Gasteiger partial charge in [-0.25, -0.2) is 9.97 Å². The first-order chi connectivity index (χ1) is 16.4. The van der Waals surface area contributed by atoms with E-state index >= 15 is 0 Å². The number of hydrogen-bond donors (Lipinski definition) is 1. The lowest BCUT2D eigenvalue weighted by Gasteiger charge is -2.24. The molecule has 0 spiro atoms. The summed E-state index contributed by atoms with van der Waals surface area (Å²) in [6.07, 6.45) is 7.03. The number of carbonyl (C=O) groups is 2. The van der Waals surface area contributed by atoms with Crippen LogP contribution in [-0.2, 0) is 16.1 Å². The van der Waals surface area contributed by atoms with Crippen LogP contribution in [0.2, 0.25) is 0 Å². The van der Waals surface area contributed by atoms with E-state index in [0.29, 0.717) is 23.8 Å². The molecule has 0 saturated carbocycles. The number of aliphatic hydroxyl groups is 1. The Labute approximate surface area is 198 Å². The predicted molar refractivity (Wildman–Crippen MR) is 125 cm³/mol. The van der Waals surface area contributed by atoms with Crippen molar-refractivity contribution >= 4 is 17.4 Å². The molecule has 0 aliphatic carbocycles. The van der Waals surface area contributed by atoms with Crippen LogP contribution in [0.1, 0.15) is 42.1 Å². The number of nitrogens with one attached hydrogen (secondary N) is 2. The van der Waals surface area contributed by atoms with Gasteiger partial charge in [0.2, 0.25) is 0 Å². The quantitative estimate of drug-likeness (QED) is 0.333. The van der Waals surface area contributed by atoms with Crippen molar-refractivity contribution in [2.24, 2.45) is 5.92 Å². The van der Waals surface area contributed by atoms with Crippen LogP contribution >= 0.6 is 0 Å². The Kier molecular flexibility index (Phi) is 6.72. The Balaban J connectivity index is 1.78. The van der Waals surface area contributed by atoms with E-state index in [4.69, 9.17) is 4.74 Å². The molecule has 1 aliphatic heterocycles. The van der Waals surface area contributed by atoms with Crippen LogP contribution in [0.25, 0.3) is 5.76 Å². The molecule has 0 radical (unpaired) electrons. The number of carbonyl (C=O) groups excluding carboxylic acids is 2. The molecule has 1 fully saturated rings. The number of ether oxygens (including phenoxy) is 1. The van der Waals surface area contributed by atoms with Gasteiger partial charge in [-0.3, -0.25) is 9.59 Å². The average Bonchev–Trinajstić information content (AvgIpc) is 3.08. The van der Waals surface area contributed by atoms with Crippen LogP contribution in [-0.4, -0.2) is 28.3 Å². The maximum Gasteiger partial charge on any atom is 0.295 e. The van der Waals surface area contributed by atoms with Gasteiger partial charge in [0, 0.05) is 29.3 Å². The summed E-state index contributed by atoms with van der Waals surface area (Å²) >= 11 is 0. The van der Waals surface area contributed by atoms with Crippen LogP contribution in [0.4, 0.5) is 0 Å². The molecule has 3 N–H and O–H groups in total. The van der Waals surface area contributed by atoms with Gasteiger partial charge in [0.05, 0.1) is 24.8 Å². The predicted octanol–water partition coefficient (Wildman–Crippen LogP) is 3.28. The third-order valence-corrected chi connectivity index (χ3v) is 5.76. The third-order valence-electron chi connectivity index (χ3n) is 5.76. The van der Waals surface area contributed by atoms with E-state index in [-0.39, 0.29) is 17.9 Å². The number of pyridine rings is 2. The van der Waals surface area contributed by atoms with Crippen molar-refractivity contribution in [3.05, 3.63) is 95.1 Å². The lowest BCUT2D eigenvalue weighted by Crippen LogP contribution is -2.29. The Hall–Kier alpha value is -4.00. The number of aliphatic hydroxyl groups excluding tert-OH is 1. The van der Waals surface area contributed by atoms with Crippen molar-refractivity contribution in [2.45, 2.75) is 33.4 Å². The molecule has 2 aromatic heterocycles. The summed E-state index contributed by atoms with van der Waals surface area (Å²) in [5, 5.41) is 11.3. The Morgan fingerprint density at radius 2 is 1.85 bits per heavy atom. The summed E-state index contributed by atoms with van der Waals surface area (Å²) in [5.41, 5.74) is 2.90. The highest BCUT2D eigenvalue weighted by Gasteiger charge is 2.46. The van der Waals surface area contributed by atoms with Gasteiger partial charge < -0.3 is 14.7 Å².